The summed E-state index contributed by atoms with van der Waals surface area (Å²) >= 11 is 6.63. The zero-order valence-corrected chi connectivity index (χ0v) is 18.3. The molecule has 2 nitrogen and oxygen atoms in total. The third-order valence-electron chi connectivity index (χ3n) is 4.81. The van der Waals surface area contributed by atoms with Crippen LogP contribution < -0.4 is 0 Å². The first kappa shape index (κ1) is 19.8. The molecule has 0 aromatic heterocycles. The molecule has 0 saturated carbocycles. The van der Waals surface area contributed by atoms with Gasteiger partial charge in [0.2, 0.25) is 5.91 Å². The van der Waals surface area contributed by atoms with Crippen molar-refractivity contribution in [2.45, 2.75) is 57.8 Å². The summed E-state index contributed by atoms with van der Waals surface area (Å²) in [6, 6.07) is 0.226. The van der Waals surface area contributed by atoms with Crippen LogP contribution in [0.15, 0.2) is 0 Å². The second-order valence-electron chi connectivity index (χ2n) is 7.07. The highest BCUT2D eigenvalue weighted by Crippen LogP contribution is 2.46. The molecule has 0 aromatic rings. The van der Waals surface area contributed by atoms with Crippen LogP contribution in [-0.4, -0.2) is 35.4 Å². The van der Waals surface area contributed by atoms with Gasteiger partial charge in [-0.3, -0.25) is 4.79 Å². The third-order valence-corrected chi connectivity index (χ3v) is 10.8. The second kappa shape index (κ2) is 8.04. The minimum absolute atomic E-state index is 0.0188. The van der Waals surface area contributed by atoms with E-state index in [2.05, 4.69) is 94.0 Å². The maximum absolute atomic E-state index is 12.7. The Balaban J connectivity index is 2.99. The van der Waals surface area contributed by atoms with E-state index in [0.29, 0.717) is 17.1 Å². The van der Waals surface area contributed by atoms with E-state index >= 15 is 0 Å². The first-order valence-electron chi connectivity index (χ1n) is 7.55. The average Bonchev–Trinajstić information content (AvgIpc) is 2.41. The van der Waals surface area contributed by atoms with Crippen molar-refractivity contribution >= 4 is 46.0 Å². The van der Waals surface area contributed by atoms with Gasteiger partial charge in [0.1, 0.15) is 0 Å². The van der Waals surface area contributed by atoms with E-state index in [1.807, 2.05) is 0 Å². The molecule has 2 atom stereocenters. The van der Waals surface area contributed by atoms with Crippen molar-refractivity contribution in [3.8, 4) is 23.7 Å². The molecular weight excluding hydrogens is 422 g/mol. The maximum Gasteiger partial charge on any atom is 0.221 e. The molecule has 122 valence electrons. The van der Waals surface area contributed by atoms with Gasteiger partial charge in [-0.1, -0.05) is 77.6 Å². The fourth-order valence-corrected chi connectivity index (χ4v) is 5.50. The molecule has 5 heteroatoms. The van der Waals surface area contributed by atoms with Crippen LogP contribution in [0.3, 0.4) is 0 Å². The van der Waals surface area contributed by atoms with E-state index in [0.717, 1.165) is 6.42 Å². The van der Waals surface area contributed by atoms with Gasteiger partial charge in [-0.15, -0.1) is 11.8 Å². The number of β-lactam (4-membered cyclic amide) rings is 1. The van der Waals surface area contributed by atoms with Crippen LogP contribution in [0.1, 0.15) is 33.6 Å². The predicted molar refractivity (Wildman–Crippen MR) is 104 cm³/mol. The van der Waals surface area contributed by atoms with Crippen molar-refractivity contribution in [2.75, 3.05) is 10.7 Å². The van der Waals surface area contributed by atoms with Gasteiger partial charge in [0.05, 0.1) is 16.6 Å². The zero-order valence-electron chi connectivity index (χ0n) is 14.1. The molecule has 1 heterocycles. The van der Waals surface area contributed by atoms with Gasteiger partial charge in [-0.25, -0.2) is 0 Å². The van der Waals surface area contributed by atoms with Crippen molar-refractivity contribution in [1.29, 1.82) is 0 Å². The Morgan fingerprint density at radius 1 is 1.05 bits per heavy atom. The SMILES string of the molecule is CC(C)(C)[Si](C)(C)N1C(=O)[C@@H](CC#CCBr)[C@@H]1CC#CCBr. The van der Waals surface area contributed by atoms with Crippen LogP contribution in [0.25, 0.3) is 0 Å². The standard InChI is InChI=1S/C17H25Br2NOSi/c1-17(2,3)22(4,5)20-15(11-7-9-13-19)14(16(20)21)10-6-8-12-18/h14-15H,10-13H2,1-5H3/t14-,15-/m0/s1. The molecule has 0 N–H and O–H groups in total. The Hall–Kier alpha value is -0.233. The first-order valence-corrected chi connectivity index (χ1v) is 12.7. The molecule has 0 aliphatic carbocycles. The number of halogens is 2. The summed E-state index contributed by atoms with van der Waals surface area (Å²) in [6.07, 6.45) is 1.40. The molecule has 0 unspecified atom stereocenters. The summed E-state index contributed by atoms with van der Waals surface area (Å²) in [4.78, 5) is 12.7. The number of hydrogen-bond donors (Lipinski definition) is 0. The summed E-state index contributed by atoms with van der Waals surface area (Å²) in [5, 5.41) is 1.49. The highest BCUT2D eigenvalue weighted by Gasteiger charge is 2.56. The Morgan fingerprint density at radius 3 is 2.00 bits per heavy atom. The summed E-state index contributed by atoms with van der Waals surface area (Å²) in [5.74, 6) is 12.7. The highest BCUT2D eigenvalue weighted by atomic mass is 79.9. The number of carbonyl (C=O) groups excluding carboxylic acids is 1. The van der Waals surface area contributed by atoms with E-state index in [4.69, 9.17) is 0 Å². The normalized spacial score (nSPS) is 21.4. The molecule has 1 fully saturated rings. The lowest BCUT2D eigenvalue weighted by molar-refractivity contribution is -0.147. The predicted octanol–water partition coefficient (Wildman–Crippen LogP) is 4.40. The van der Waals surface area contributed by atoms with Gasteiger partial charge in [0.25, 0.3) is 0 Å². The number of nitrogens with zero attached hydrogens (tertiary/aromatic N) is 1. The van der Waals surface area contributed by atoms with Crippen LogP contribution in [0, 0.1) is 29.6 Å². The molecule has 1 aliphatic heterocycles. The number of carbonyl (C=O) groups is 1. The summed E-state index contributed by atoms with van der Waals surface area (Å²) in [6.45, 7) is 11.3. The molecule has 1 saturated heterocycles. The molecular formula is C17H25Br2NOSi. The lowest BCUT2D eigenvalue weighted by Gasteiger charge is -2.58. The maximum atomic E-state index is 12.7. The number of hydrogen-bond acceptors (Lipinski definition) is 1. The molecule has 0 radical (unpaired) electrons. The van der Waals surface area contributed by atoms with E-state index in [1.54, 1.807) is 0 Å². The van der Waals surface area contributed by atoms with Crippen molar-refractivity contribution in [3.05, 3.63) is 0 Å². The highest BCUT2D eigenvalue weighted by molar-refractivity contribution is 9.09. The minimum atomic E-state index is -1.85. The molecule has 1 amide bonds. The smallest absolute Gasteiger partial charge is 0.221 e. The van der Waals surface area contributed by atoms with Gasteiger partial charge in [-0.05, 0) is 5.04 Å². The largest absolute Gasteiger partial charge is 0.364 e. The first-order chi connectivity index (χ1) is 10.2. The third kappa shape index (κ3) is 4.19. The molecule has 1 rings (SSSR count). The molecule has 0 spiro atoms. The van der Waals surface area contributed by atoms with E-state index in [-0.39, 0.29) is 22.9 Å². The summed E-state index contributed by atoms with van der Waals surface area (Å²) < 4.78 is 2.18. The minimum Gasteiger partial charge on any atom is -0.364 e. The lowest BCUT2D eigenvalue weighted by atomic mass is 9.85. The zero-order chi connectivity index (χ0) is 17.0. The topological polar surface area (TPSA) is 20.3 Å². The van der Waals surface area contributed by atoms with Crippen molar-refractivity contribution in [1.82, 2.24) is 4.57 Å². The number of alkyl halides is 2. The number of amides is 1. The molecule has 1 aliphatic rings. The van der Waals surface area contributed by atoms with E-state index < -0.39 is 8.24 Å². The fourth-order valence-electron chi connectivity index (χ4n) is 2.57. The lowest BCUT2D eigenvalue weighted by Crippen LogP contribution is -2.72. The quantitative estimate of drug-likeness (QED) is 0.272. The van der Waals surface area contributed by atoms with E-state index in [1.165, 1.54) is 0 Å². The van der Waals surface area contributed by atoms with Crippen molar-refractivity contribution < 1.29 is 4.79 Å². The Labute approximate surface area is 153 Å². The number of rotatable bonds is 3. The monoisotopic (exact) mass is 445 g/mol. The van der Waals surface area contributed by atoms with Crippen molar-refractivity contribution in [3.63, 3.8) is 0 Å². The Bertz CT molecular complexity index is 531. The van der Waals surface area contributed by atoms with Crippen LogP contribution in [0.2, 0.25) is 18.1 Å². The van der Waals surface area contributed by atoms with Gasteiger partial charge in [0, 0.05) is 18.9 Å². The average molecular weight is 447 g/mol. The molecule has 0 aromatic carbocycles. The van der Waals surface area contributed by atoms with Crippen LogP contribution in [0.5, 0.6) is 0 Å². The van der Waals surface area contributed by atoms with E-state index in [9.17, 15) is 4.79 Å². The Morgan fingerprint density at radius 2 is 1.55 bits per heavy atom. The van der Waals surface area contributed by atoms with Crippen LogP contribution in [-0.2, 0) is 4.79 Å². The molecule has 0 bridgehead atoms. The van der Waals surface area contributed by atoms with Gasteiger partial charge >= 0.3 is 0 Å². The summed E-state index contributed by atoms with van der Waals surface area (Å²) in [5.41, 5.74) is 0. The van der Waals surface area contributed by atoms with Gasteiger partial charge in [-0.2, -0.15) is 0 Å². The van der Waals surface area contributed by atoms with Crippen LogP contribution in [0.4, 0.5) is 0 Å². The van der Waals surface area contributed by atoms with Gasteiger partial charge in [0.15, 0.2) is 8.24 Å². The summed E-state index contributed by atoms with van der Waals surface area (Å²) in [7, 11) is -1.85. The molecule has 22 heavy (non-hydrogen) atoms. The van der Waals surface area contributed by atoms with Crippen LogP contribution >= 0.6 is 31.9 Å². The van der Waals surface area contributed by atoms with Gasteiger partial charge < -0.3 is 4.57 Å². The second-order valence-corrected chi connectivity index (χ2v) is 13.3. The van der Waals surface area contributed by atoms with Crippen molar-refractivity contribution in [2.24, 2.45) is 5.92 Å². The Kier molecular flexibility index (Phi) is 7.24. The fraction of sp³-hybridized carbons (Fsp3) is 0.706.